The molecule has 6 nitrogen and oxygen atoms in total. The molecular weight excluding hydrogens is 284 g/mol. The number of hydrogen-bond acceptors (Lipinski definition) is 4. The Morgan fingerprint density at radius 1 is 1.23 bits per heavy atom. The minimum atomic E-state index is -0.813. The van der Waals surface area contributed by atoms with Crippen molar-refractivity contribution in [1.29, 1.82) is 0 Å². The summed E-state index contributed by atoms with van der Waals surface area (Å²) in [7, 11) is 0. The smallest absolute Gasteiger partial charge is 0.410 e. The van der Waals surface area contributed by atoms with Gasteiger partial charge in [0.25, 0.3) is 0 Å². The molecule has 2 fully saturated rings. The topological polar surface area (TPSA) is 70.1 Å². The Hall–Kier alpha value is -1.30. The van der Waals surface area contributed by atoms with E-state index in [1.165, 1.54) is 0 Å². The van der Waals surface area contributed by atoms with E-state index in [1.807, 2.05) is 20.8 Å². The van der Waals surface area contributed by atoms with Crippen LogP contribution in [-0.4, -0.2) is 63.3 Å². The van der Waals surface area contributed by atoms with Crippen LogP contribution in [0.4, 0.5) is 4.79 Å². The van der Waals surface area contributed by atoms with Gasteiger partial charge in [0.2, 0.25) is 0 Å². The van der Waals surface area contributed by atoms with Crippen LogP contribution >= 0.6 is 0 Å². The van der Waals surface area contributed by atoms with Gasteiger partial charge in [-0.05, 0) is 54.0 Å². The second-order valence-corrected chi connectivity index (χ2v) is 8.20. The first kappa shape index (κ1) is 17.1. The molecule has 1 amide bonds. The summed E-state index contributed by atoms with van der Waals surface area (Å²) in [6.07, 6.45) is 1.84. The Kier molecular flexibility index (Phi) is 4.19. The van der Waals surface area contributed by atoms with E-state index in [1.54, 1.807) is 4.90 Å². The van der Waals surface area contributed by atoms with E-state index in [2.05, 4.69) is 18.7 Å². The minimum Gasteiger partial charge on any atom is -0.481 e. The molecule has 2 heterocycles. The summed E-state index contributed by atoms with van der Waals surface area (Å²) in [6, 6.07) is 0. The predicted molar refractivity (Wildman–Crippen MR) is 82.8 cm³/mol. The van der Waals surface area contributed by atoms with Crippen LogP contribution in [0.1, 0.15) is 53.9 Å². The van der Waals surface area contributed by atoms with Crippen LogP contribution in [0.15, 0.2) is 0 Å². The number of nitrogens with zero attached hydrogens (tertiary/aromatic N) is 2. The summed E-state index contributed by atoms with van der Waals surface area (Å²) in [4.78, 5) is 27.3. The number of aliphatic carboxylic acids is 1. The van der Waals surface area contributed by atoms with Crippen LogP contribution in [0.3, 0.4) is 0 Å². The van der Waals surface area contributed by atoms with Crippen molar-refractivity contribution in [2.75, 3.05) is 19.6 Å². The van der Waals surface area contributed by atoms with E-state index in [0.29, 0.717) is 13.1 Å². The lowest BCUT2D eigenvalue weighted by Crippen LogP contribution is -2.74. The maximum atomic E-state index is 12.1. The molecule has 0 aromatic heterocycles. The summed E-state index contributed by atoms with van der Waals surface area (Å²) in [5.74, 6) is -0.813. The number of ether oxygens (including phenoxy) is 1. The molecule has 2 aliphatic rings. The fourth-order valence-electron chi connectivity index (χ4n) is 3.77. The molecule has 6 heteroatoms. The molecule has 0 saturated carbocycles. The van der Waals surface area contributed by atoms with Crippen molar-refractivity contribution in [3.05, 3.63) is 0 Å². The molecule has 2 rings (SSSR count). The van der Waals surface area contributed by atoms with Gasteiger partial charge in [-0.2, -0.15) is 0 Å². The third kappa shape index (κ3) is 3.37. The van der Waals surface area contributed by atoms with Gasteiger partial charge in [-0.15, -0.1) is 0 Å². The number of hydrogen-bond donors (Lipinski definition) is 1. The molecule has 2 aliphatic heterocycles. The molecule has 0 aliphatic carbocycles. The van der Waals surface area contributed by atoms with Crippen molar-refractivity contribution in [2.45, 2.75) is 70.6 Å². The van der Waals surface area contributed by atoms with Crippen molar-refractivity contribution >= 4 is 12.1 Å². The van der Waals surface area contributed by atoms with Crippen LogP contribution in [-0.2, 0) is 9.53 Å². The van der Waals surface area contributed by atoms with Crippen LogP contribution in [0.5, 0.6) is 0 Å². The number of carbonyl (C=O) groups excluding carboxylic acids is 1. The standard InChI is InChI=1S/C16H28N2O4/c1-14(2,3)22-13(21)17-10-16(11-17,9-12(19)20)18-8-6-7-15(18,4)5/h6-11H2,1-5H3,(H,19,20). The fourth-order valence-corrected chi connectivity index (χ4v) is 3.77. The van der Waals surface area contributed by atoms with Gasteiger partial charge in [0.05, 0.1) is 12.0 Å². The summed E-state index contributed by atoms with van der Waals surface area (Å²) >= 11 is 0. The summed E-state index contributed by atoms with van der Waals surface area (Å²) in [5, 5.41) is 9.29. The average molecular weight is 312 g/mol. The quantitative estimate of drug-likeness (QED) is 0.866. The molecule has 0 atom stereocenters. The fraction of sp³-hybridized carbons (Fsp3) is 0.875. The molecule has 2 saturated heterocycles. The first-order valence-electron chi connectivity index (χ1n) is 7.93. The Morgan fingerprint density at radius 3 is 2.23 bits per heavy atom. The largest absolute Gasteiger partial charge is 0.481 e. The predicted octanol–water partition coefficient (Wildman–Crippen LogP) is 2.33. The van der Waals surface area contributed by atoms with E-state index >= 15 is 0 Å². The molecule has 0 unspecified atom stereocenters. The number of carboxylic acid groups (broad SMARTS) is 1. The molecule has 0 spiro atoms. The van der Waals surface area contributed by atoms with Gasteiger partial charge in [0, 0.05) is 18.6 Å². The van der Waals surface area contributed by atoms with E-state index in [0.717, 1.165) is 19.4 Å². The Labute approximate surface area is 132 Å². The number of carboxylic acids is 1. The van der Waals surface area contributed by atoms with E-state index in [9.17, 15) is 14.7 Å². The summed E-state index contributed by atoms with van der Waals surface area (Å²) < 4.78 is 5.38. The molecule has 0 aromatic rings. The lowest BCUT2D eigenvalue weighted by Gasteiger charge is -2.57. The van der Waals surface area contributed by atoms with Crippen molar-refractivity contribution in [1.82, 2.24) is 9.80 Å². The molecule has 22 heavy (non-hydrogen) atoms. The number of amides is 1. The first-order chi connectivity index (χ1) is 9.95. The van der Waals surface area contributed by atoms with Gasteiger partial charge in [0.1, 0.15) is 5.60 Å². The highest BCUT2D eigenvalue weighted by molar-refractivity contribution is 5.73. The van der Waals surface area contributed by atoms with E-state index < -0.39 is 17.1 Å². The zero-order valence-corrected chi connectivity index (χ0v) is 14.3. The Bertz CT molecular complexity index is 461. The van der Waals surface area contributed by atoms with Crippen molar-refractivity contribution in [3.8, 4) is 0 Å². The summed E-state index contributed by atoms with van der Waals surface area (Å²) in [6.45, 7) is 11.5. The highest BCUT2D eigenvalue weighted by Crippen LogP contribution is 2.42. The number of carbonyl (C=O) groups is 2. The third-order valence-corrected chi connectivity index (χ3v) is 4.58. The van der Waals surface area contributed by atoms with Crippen molar-refractivity contribution < 1.29 is 19.4 Å². The van der Waals surface area contributed by atoms with E-state index in [-0.39, 0.29) is 18.1 Å². The van der Waals surface area contributed by atoms with Crippen LogP contribution in [0, 0.1) is 0 Å². The van der Waals surface area contributed by atoms with Gasteiger partial charge >= 0.3 is 12.1 Å². The van der Waals surface area contributed by atoms with Gasteiger partial charge in [0.15, 0.2) is 0 Å². The molecule has 1 N–H and O–H groups in total. The van der Waals surface area contributed by atoms with E-state index in [4.69, 9.17) is 4.74 Å². The molecule has 0 aromatic carbocycles. The molecule has 126 valence electrons. The maximum Gasteiger partial charge on any atom is 0.410 e. The van der Waals surface area contributed by atoms with Gasteiger partial charge in [-0.3, -0.25) is 9.69 Å². The minimum absolute atomic E-state index is 0.0184. The maximum absolute atomic E-state index is 12.1. The van der Waals surface area contributed by atoms with Crippen LogP contribution < -0.4 is 0 Å². The lowest BCUT2D eigenvalue weighted by atomic mass is 9.81. The highest BCUT2D eigenvalue weighted by atomic mass is 16.6. The van der Waals surface area contributed by atoms with Gasteiger partial charge in [-0.25, -0.2) is 4.79 Å². The lowest BCUT2D eigenvalue weighted by molar-refractivity contribution is -0.148. The Balaban J connectivity index is 2.09. The monoisotopic (exact) mass is 312 g/mol. The second kappa shape index (κ2) is 5.41. The normalized spacial score (nSPS) is 24.0. The number of rotatable bonds is 3. The number of likely N-dealkylation sites (tertiary alicyclic amines) is 2. The summed E-state index contributed by atoms with van der Waals surface area (Å²) in [5.41, 5.74) is -1.01. The first-order valence-corrected chi connectivity index (χ1v) is 7.93. The molecular formula is C16H28N2O4. The van der Waals surface area contributed by atoms with Crippen LogP contribution in [0.2, 0.25) is 0 Å². The van der Waals surface area contributed by atoms with Crippen LogP contribution in [0.25, 0.3) is 0 Å². The second-order valence-electron chi connectivity index (χ2n) is 8.20. The van der Waals surface area contributed by atoms with Gasteiger partial charge < -0.3 is 14.7 Å². The van der Waals surface area contributed by atoms with Gasteiger partial charge in [-0.1, -0.05) is 0 Å². The SMILES string of the molecule is CC(C)(C)OC(=O)N1CC(CC(=O)O)(N2CCCC2(C)C)C1. The Morgan fingerprint density at radius 2 is 1.82 bits per heavy atom. The van der Waals surface area contributed by atoms with Crippen molar-refractivity contribution in [2.24, 2.45) is 0 Å². The zero-order chi connectivity index (χ0) is 16.8. The average Bonchev–Trinajstić information content (AvgIpc) is 2.60. The van der Waals surface area contributed by atoms with Crippen molar-refractivity contribution in [3.63, 3.8) is 0 Å². The third-order valence-electron chi connectivity index (χ3n) is 4.58. The molecule has 0 radical (unpaired) electrons. The highest BCUT2D eigenvalue weighted by Gasteiger charge is 2.56. The zero-order valence-electron chi connectivity index (χ0n) is 14.3. The molecule has 0 bridgehead atoms.